The van der Waals surface area contributed by atoms with Gasteiger partial charge in [-0.15, -0.1) is 0 Å². The van der Waals surface area contributed by atoms with Gasteiger partial charge in [-0.25, -0.2) is 0 Å². The molecule has 0 bridgehead atoms. The predicted octanol–water partition coefficient (Wildman–Crippen LogP) is 2.05. The maximum absolute atomic E-state index is 11.8. The van der Waals surface area contributed by atoms with Crippen LogP contribution < -0.4 is 10.9 Å². The normalized spacial score (nSPS) is 9.95. The summed E-state index contributed by atoms with van der Waals surface area (Å²) in [5.74, 6) is -0.649. The van der Waals surface area contributed by atoms with Crippen LogP contribution in [0, 0.1) is 0 Å². The summed E-state index contributed by atoms with van der Waals surface area (Å²) < 4.78 is 0. The minimum atomic E-state index is -0.425. The lowest BCUT2D eigenvalue weighted by Crippen LogP contribution is -2.42. The van der Waals surface area contributed by atoms with Crippen molar-refractivity contribution in [3.8, 4) is 5.75 Å². The van der Waals surface area contributed by atoms with Crippen LogP contribution in [-0.2, 0) is 11.2 Å². The van der Waals surface area contributed by atoms with E-state index in [1.165, 1.54) is 12.1 Å². The molecule has 21 heavy (non-hydrogen) atoms. The Morgan fingerprint density at radius 1 is 0.952 bits per heavy atom. The number of rotatable bonds is 3. The van der Waals surface area contributed by atoms with E-state index in [1.54, 1.807) is 36.4 Å². The van der Waals surface area contributed by atoms with Crippen LogP contribution in [0.4, 0.5) is 0 Å². The van der Waals surface area contributed by atoms with Gasteiger partial charge in [-0.1, -0.05) is 23.7 Å². The number of hydrogen-bond donors (Lipinski definition) is 3. The third-order valence-electron chi connectivity index (χ3n) is 2.72. The van der Waals surface area contributed by atoms with Gasteiger partial charge in [0.05, 0.1) is 6.42 Å². The van der Waals surface area contributed by atoms with Gasteiger partial charge >= 0.3 is 0 Å². The molecular formula is C15H13ClN2O3. The van der Waals surface area contributed by atoms with E-state index in [1.807, 2.05) is 0 Å². The van der Waals surface area contributed by atoms with E-state index >= 15 is 0 Å². The molecular weight excluding hydrogens is 292 g/mol. The number of hydrazine groups is 1. The molecule has 2 aromatic rings. The molecule has 0 heterocycles. The van der Waals surface area contributed by atoms with E-state index in [0.717, 1.165) is 5.56 Å². The highest BCUT2D eigenvalue weighted by atomic mass is 35.5. The maximum atomic E-state index is 11.8. The average Bonchev–Trinajstić information content (AvgIpc) is 2.48. The Morgan fingerprint density at radius 2 is 1.57 bits per heavy atom. The molecule has 0 saturated heterocycles. The molecule has 0 fully saturated rings. The van der Waals surface area contributed by atoms with Crippen molar-refractivity contribution in [3.05, 3.63) is 64.7 Å². The zero-order valence-corrected chi connectivity index (χ0v) is 11.7. The van der Waals surface area contributed by atoms with Crippen molar-refractivity contribution in [3.63, 3.8) is 0 Å². The van der Waals surface area contributed by atoms with E-state index in [2.05, 4.69) is 10.9 Å². The van der Waals surface area contributed by atoms with Crippen molar-refractivity contribution in [2.75, 3.05) is 0 Å². The summed E-state index contributed by atoms with van der Waals surface area (Å²) in [7, 11) is 0. The molecule has 0 aromatic heterocycles. The molecule has 0 spiro atoms. The molecule has 0 aliphatic heterocycles. The molecule has 0 radical (unpaired) electrons. The first kappa shape index (κ1) is 14.9. The molecule has 2 aromatic carbocycles. The van der Waals surface area contributed by atoms with E-state index in [9.17, 15) is 9.59 Å². The standard InChI is InChI=1S/C15H13ClN2O3/c16-12-5-3-11(4-6-12)15(21)18-17-14(20)9-10-1-7-13(19)8-2-10/h1-8,19H,9H2,(H,17,20)(H,18,21). The monoisotopic (exact) mass is 304 g/mol. The molecule has 5 nitrogen and oxygen atoms in total. The average molecular weight is 305 g/mol. The highest BCUT2D eigenvalue weighted by Crippen LogP contribution is 2.10. The van der Waals surface area contributed by atoms with Crippen molar-refractivity contribution in [1.29, 1.82) is 0 Å². The quantitative estimate of drug-likeness (QED) is 0.759. The highest BCUT2D eigenvalue weighted by molar-refractivity contribution is 6.30. The zero-order valence-electron chi connectivity index (χ0n) is 11.0. The van der Waals surface area contributed by atoms with E-state index in [0.29, 0.717) is 10.6 Å². The van der Waals surface area contributed by atoms with Gasteiger partial charge in [-0.05, 0) is 42.0 Å². The minimum Gasteiger partial charge on any atom is -0.508 e. The van der Waals surface area contributed by atoms with E-state index in [4.69, 9.17) is 16.7 Å². The van der Waals surface area contributed by atoms with Crippen LogP contribution >= 0.6 is 11.6 Å². The lowest BCUT2D eigenvalue weighted by atomic mass is 10.1. The number of nitrogens with one attached hydrogen (secondary N) is 2. The number of carbonyl (C=O) groups is 2. The summed E-state index contributed by atoms with van der Waals surface area (Å²) in [4.78, 5) is 23.4. The maximum Gasteiger partial charge on any atom is 0.269 e. The minimum absolute atomic E-state index is 0.0984. The summed E-state index contributed by atoms with van der Waals surface area (Å²) in [5.41, 5.74) is 5.76. The second kappa shape index (κ2) is 6.76. The van der Waals surface area contributed by atoms with Gasteiger partial charge in [-0.2, -0.15) is 0 Å². The summed E-state index contributed by atoms with van der Waals surface area (Å²) in [5, 5.41) is 9.68. The number of benzene rings is 2. The lowest BCUT2D eigenvalue weighted by molar-refractivity contribution is -0.121. The third kappa shape index (κ3) is 4.50. The van der Waals surface area contributed by atoms with Crippen LogP contribution in [0.15, 0.2) is 48.5 Å². The van der Waals surface area contributed by atoms with Crippen molar-refractivity contribution >= 4 is 23.4 Å². The number of amides is 2. The predicted molar refractivity (Wildman–Crippen MR) is 78.9 cm³/mol. The van der Waals surface area contributed by atoms with Crippen LogP contribution in [0.2, 0.25) is 5.02 Å². The van der Waals surface area contributed by atoms with Crippen LogP contribution in [0.1, 0.15) is 15.9 Å². The van der Waals surface area contributed by atoms with Gasteiger partial charge in [0.15, 0.2) is 0 Å². The van der Waals surface area contributed by atoms with Gasteiger partial charge in [-0.3, -0.25) is 20.4 Å². The fourth-order valence-corrected chi connectivity index (χ4v) is 1.77. The lowest BCUT2D eigenvalue weighted by Gasteiger charge is -2.07. The first-order valence-electron chi connectivity index (χ1n) is 6.17. The zero-order chi connectivity index (χ0) is 15.2. The fourth-order valence-electron chi connectivity index (χ4n) is 1.64. The summed E-state index contributed by atoms with van der Waals surface area (Å²) in [6.45, 7) is 0. The summed E-state index contributed by atoms with van der Waals surface area (Å²) in [6.07, 6.45) is 0.0984. The molecule has 0 unspecified atom stereocenters. The smallest absolute Gasteiger partial charge is 0.269 e. The van der Waals surface area contributed by atoms with Gasteiger partial charge in [0, 0.05) is 10.6 Å². The highest BCUT2D eigenvalue weighted by Gasteiger charge is 2.08. The Bertz CT molecular complexity index is 639. The third-order valence-corrected chi connectivity index (χ3v) is 2.97. The number of phenolic OH excluding ortho intramolecular Hbond substituents is 1. The molecule has 108 valence electrons. The molecule has 2 amide bonds. The van der Waals surface area contributed by atoms with Gasteiger partial charge in [0.2, 0.25) is 5.91 Å². The number of halogens is 1. The Labute approximate surface area is 126 Å². The largest absolute Gasteiger partial charge is 0.508 e. The Balaban J connectivity index is 1.84. The first-order chi connectivity index (χ1) is 10.0. The van der Waals surface area contributed by atoms with Crippen molar-refractivity contribution in [1.82, 2.24) is 10.9 Å². The summed E-state index contributed by atoms with van der Waals surface area (Å²) in [6, 6.07) is 12.6. The van der Waals surface area contributed by atoms with Crippen molar-refractivity contribution in [2.45, 2.75) is 6.42 Å². The number of hydrogen-bond acceptors (Lipinski definition) is 3. The molecule has 6 heteroatoms. The van der Waals surface area contributed by atoms with Gasteiger partial charge in [0.25, 0.3) is 5.91 Å². The van der Waals surface area contributed by atoms with Gasteiger partial charge < -0.3 is 5.11 Å². The Kier molecular flexibility index (Phi) is 4.79. The van der Waals surface area contributed by atoms with Crippen LogP contribution in [0.5, 0.6) is 5.75 Å². The molecule has 0 atom stereocenters. The second-order valence-corrected chi connectivity index (χ2v) is 4.79. The fraction of sp³-hybridized carbons (Fsp3) is 0.0667. The van der Waals surface area contributed by atoms with Crippen molar-refractivity contribution in [2.24, 2.45) is 0 Å². The first-order valence-corrected chi connectivity index (χ1v) is 6.55. The molecule has 0 saturated carbocycles. The molecule has 0 aliphatic rings. The Hall–Kier alpha value is -2.53. The Morgan fingerprint density at radius 3 is 2.19 bits per heavy atom. The number of carbonyl (C=O) groups excluding carboxylic acids is 2. The molecule has 3 N–H and O–H groups in total. The number of aromatic hydroxyl groups is 1. The van der Waals surface area contributed by atoms with Crippen LogP contribution in [0.25, 0.3) is 0 Å². The van der Waals surface area contributed by atoms with E-state index in [-0.39, 0.29) is 18.1 Å². The topological polar surface area (TPSA) is 78.4 Å². The summed E-state index contributed by atoms with van der Waals surface area (Å²) >= 11 is 5.73. The SMILES string of the molecule is O=C(Cc1ccc(O)cc1)NNC(=O)c1ccc(Cl)cc1. The molecule has 0 aliphatic carbocycles. The van der Waals surface area contributed by atoms with Crippen molar-refractivity contribution < 1.29 is 14.7 Å². The second-order valence-electron chi connectivity index (χ2n) is 4.35. The number of phenols is 1. The van der Waals surface area contributed by atoms with E-state index < -0.39 is 5.91 Å². The van der Waals surface area contributed by atoms with Gasteiger partial charge in [0.1, 0.15) is 5.75 Å². The van der Waals surface area contributed by atoms with Crippen LogP contribution in [0.3, 0.4) is 0 Å². The van der Waals surface area contributed by atoms with Crippen LogP contribution in [-0.4, -0.2) is 16.9 Å². The molecule has 2 rings (SSSR count).